The summed E-state index contributed by atoms with van der Waals surface area (Å²) in [5, 5.41) is 49.1. The molecule has 3 rings (SSSR count). The normalized spacial score (nSPS) is 11.1. The van der Waals surface area contributed by atoms with Crippen LogP contribution in [0.5, 0.6) is 0 Å². The van der Waals surface area contributed by atoms with Crippen molar-refractivity contribution in [3.05, 3.63) is 82.9 Å². The van der Waals surface area contributed by atoms with Gasteiger partial charge in [0.15, 0.2) is 23.0 Å². The van der Waals surface area contributed by atoms with E-state index < -0.39 is 69.8 Å². The van der Waals surface area contributed by atoms with Gasteiger partial charge in [-0.25, -0.2) is 19.2 Å². The van der Waals surface area contributed by atoms with E-state index in [0.717, 1.165) is 50.2 Å². The first-order valence-electron chi connectivity index (χ1n) is 13.2. The highest BCUT2D eigenvalue weighted by molar-refractivity contribution is 6.67. The monoisotopic (exact) mass is 660 g/mol. The summed E-state index contributed by atoms with van der Waals surface area (Å²) in [4.78, 5) is 95.2. The van der Waals surface area contributed by atoms with E-state index in [9.17, 15) is 48.6 Å². The molecule has 0 spiro atoms. The number of aromatic carboxylic acids is 4. The van der Waals surface area contributed by atoms with E-state index >= 15 is 0 Å². The van der Waals surface area contributed by atoms with E-state index in [-0.39, 0.29) is 33.9 Å². The first-order chi connectivity index (χ1) is 22.6. The topological polar surface area (TPSA) is 290 Å². The van der Waals surface area contributed by atoms with Gasteiger partial charge in [0.05, 0.1) is 33.6 Å². The summed E-state index contributed by atoms with van der Waals surface area (Å²) in [5.74, 6) is -9.33. The van der Waals surface area contributed by atoms with Crippen LogP contribution in [0.4, 0.5) is 22.7 Å². The molecule has 0 aliphatic rings. The lowest BCUT2D eigenvalue weighted by atomic mass is 10.1. The molecule has 0 bridgehead atoms. The van der Waals surface area contributed by atoms with Crippen LogP contribution >= 0.6 is 0 Å². The molecule has 0 radical (unpaired) electrons. The van der Waals surface area contributed by atoms with Gasteiger partial charge in [0, 0.05) is 25.2 Å². The Kier molecular flexibility index (Phi) is 11.1. The SMILES string of the molecule is CC(=O)/C(=N/Nc1ccc(C(=O)O)cc1C(=O)O)C(=O)Nc1ccc(NC(=O)/C(=N\Nc2ccc(C(=O)O)cc2C(=O)O)C(C)=O)cc1. The quantitative estimate of drug-likeness (QED) is 0.0700. The lowest BCUT2D eigenvalue weighted by Gasteiger charge is -2.11. The molecule has 48 heavy (non-hydrogen) atoms. The van der Waals surface area contributed by atoms with Gasteiger partial charge in [-0.3, -0.25) is 30.0 Å². The van der Waals surface area contributed by atoms with Crippen molar-refractivity contribution in [2.45, 2.75) is 13.8 Å². The smallest absolute Gasteiger partial charge is 0.337 e. The number of ketones is 2. The number of carboxylic acid groups (broad SMARTS) is 4. The zero-order valence-corrected chi connectivity index (χ0v) is 24.7. The molecule has 0 saturated heterocycles. The number of carbonyl (C=O) groups is 8. The van der Waals surface area contributed by atoms with E-state index in [4.69, 9.17) is 10.2 Å². The molecular formula is C30H24N6O12. The van der Waals surface area contributed by atoms with Gasteiger partial charge in [-0.15, -0.1) is 0 Å². The molecular weight excluding hydrogens is 636 g/mol. The number of carbonyl (C=O) groups excluding carboxylic acids is 4. The molecule has 0 fully saturated rings. The third-order valence-corrected chi connectivity index (χ3v) is 6.07. The van der Waals surface area contributed by atoms with Crippen molar-refractivity contribution in [2.75, 3.05) is 21.5 Å². The van der Waals surface area contributed by atoms with E-state index in [1.807, 2.05) is 0 Å². The van der Waals surface area contributed by atoms with Gasteiger partial charge >= 0.3 is 23.9 Å². The van der Waals surface area contributed by atoms with Gasteiger partial charge in [-0.05, 0) is 60.7 Å². The molecule has 3 aromatic rings. The standard InChI is InChI=1S/C30H24N6O12/c1-13(37)23(35-33-21-9-3-15(27(41)42)11-19(21)29(45)46)25(39)31-17-5-7-18(8-6-17)32-26(40)24(14(2)38)36-34-22-10-4-16(28(43)44)12-20(22)30(47)48/h3-12,33-34H,1-2H3,(H,31,39)(H,32,40)(H,41,42)(H,43,44)(H,45,46)(H,47,48)/b35-23-,36-24-. The number of rotatable bonds is 14. The van der Waals surface area contributed by atoms with Crippen molar-refractivity contribution in [1.29, 1.82) is 0 Å². The Bertz CT molecular complexity index is 1790. The van der Waals surface area contributed by atoms with Crippen LogP contribution in [0.1, 0.15) is 55.3 Å². The van der Waals surface area contributed by atoms with E-state index in [1.54, 1.807) is 0 Å². The summed E-state index contributed by atoms with van der Waals surface area (Å²) in [7, 11) is 0. The fourth-order valence-electron chi connectivity index (χ4n) is 3.73. The summed E-state index contributed by atoms with van der Waals surface area (Å²) in [6, 6.07) is 11.4. The molecule has 0 aromatic heterocycles. The molecule has 2 amide bonds. The van der Waals surface area contributed by atoms with Gasteiger partial charge in [0.2, 0.25) is 0 Å². The molecule has 0 atom stereocenters. The molecule has 0 saturated carbocycles. The minimum Gasteiger partial charge on any atom is -0.478 e. The Morgan fingerprint density at radius 2 is 0.833 bits per heavy atom. The Labute approximate surface area is 268 Å². The number of anilines is 4. The van der Waals surface area contributed by atoms with Crippen molar-refractivity contribution in [3.8, 4) is 0 Å². The molecule has 18 nitrogen and oxygen atoms in total. The molecule has 0 aliphatic carbocycles. The van der Waals surface area contributed by atoms with Crippen molar-refractivity contribution < 1.29 is 58.8 Å². The Hall–Kier alpha value is -7.24. The van der Waals surface area contributed by atoms with Crippen LogP contribution in [-0.4, -0.2) is 79.1 Å². The van der Waals surface area contributed by atoms with Crippen LogP contribution in [0.3, 0.4) is 0 Å². The first-order valence-corrected chi connectivity index (χ1v) is 13.2. The maximum atomic E-state index is 12.8. The fourth-order valence-corrected chi connectivity index (χ4v) is 3.73. The Balaban J connectivity index is 1.73. The van der Waals surface area contributed by atoms with Gasteiger partial charge in [0.1, 0.15) is 0 Å². The predicted octanol–water partition coefficient (Wildman–Crippen LogP) is 2.47. The van der Waals surface area contributed by atoms with Crippen LogP contribution in [-0.2, 0) is 19.2 Å². The molecule has 0 heterocycles. The Morgan fingerprint density at radius 3 is 1.10 bits per heavy atom. The van der Waals surface area contributed by atoms with Gasteiger partial charge < -0.3 is 31.1 Å². The average Bonchev–Trinajstić information content (AvgIpc) is 3.01. The van der Waals surface area contributed by atoms with Gasteiger partial charge in [-0.2, -0.15) is 10.2 Å². The van der Waals surface area contributed by atoms with Crippen LogP contribution in [0, 0.1) is 0 Å². The lowest BCUT2D eigenvalue weighted by molar-refractivity contribution is -0.116. The predicted molar refractivity (Wildman–Crippen MR) is 168 cm³/mol. The summed E-state index contributed by atoms with van der Waals surface area (Å²) in [6.45, 7) is 2.06. The second-order valence-electron chi connectivity index (χ2n) is 9.48. The Morgan fingerprint density at radius 1 is 0.500 bits per heavy atom. The molecule has 0 aliphatic heterocycles. The largest absolute Gasteiger partial charge is 0.478 e. The number of hydrazone groups is 2. The zero-order valence-electron chi connectivity index (χ0n) is 24.7. The third kappa shape index (κ3) is 8.91. The fraction of sp³-hybridized carbons (Fsp3) is 0.0667. The number of hydrogen-bond acceptors (Lipinski definition) is 12. The number of nitrogens with zero attached hydrogens (tertiary/aromatic N) is 2. The molecule has 0 unspecified atom stereocenters. The summed E-state index contributed by atoms with van der Waals surface area (Å²) in [5.41, 5.74) is 1.52. The second kappa shape index (κ2) is 15.2. The number of benzene rings is 3. The van der Waals surface area contributed by atoms with Crippen molar-refractivity contribution in [1.82, 2.24) is 0 Å². The van der Waals surface area contributed by atoms with Gasteiger partial charge in [-0.1, -0.05) is 0 Å². The van der Waals surface area contributed by atoms with Crippen molar-refractivity contribution >= 4 is 81.4 Å². The maximum Gasteiger partial charge on any atom is 0.337 e. The molecule has 18 heteroatoms. The van der Waals surface area contributed by atoms with E-state index in [0.29, 0.717) is 0 Å². The minimum atomic E-state index is -1.49. The van der Waals surface area contributed by atoms with Crippen LogP contribution < -0.4 is 21.5 Å². The molecule has 3 aromatic carbocycles. The van der Waals surface area contributed by atoms with E-state index in [1.165, 1.54) is 24.3 Å². The van der Waals surface area contributed by atoms with Crippen LogP contribution in [0.15, 0.2) is 70.9 Å². The maximum absolute atomic E-state index is 12.8. The molecule has 8 N–H and O–H groups in total. The lowest BCUT2D eigenvalue weighted by Crippen LogP contribution is -2.30. The number of nitrogens with one attached hydrogen (secondary N) is 4. The van der Waals surface area contributed by atoms with Gasteiger partial charge in [0.25, 0.3) is 11.8 Å². The zero-order chi connectivity index (χ0) is 35.7. The van der Waals surface area contributed by atoms with Crippen LogP contribution in [0.2, 0.25) is 0 Å². The number of amides is 2. The number of Topliss-reactive ketones (excluding diaryl/α,β-unsaturated/α-hetero) is 2. The minimum absolute atomic E-state index is 0.122. The highest BCUT2D eigenvalue weighted by Gasteiger charge is 2.21. The average molecular weight is 661 g/mol. The number of carboxylic acids is 4. The summed E-state index contributed by atoms with van der Waals surface area (Å²) < 4.78 is 0. The second-order valence-corrected chi connectivity index (χ2v) is 9.48. The summed E-state index contributed by atoms with van der Waals surface area (Å²) in [6.07, 6.45) is 0. The third-order valence-electron chi connectivity index (χ3n) is 6.07. The van der Waals surface area contributed by atoms with E-state index in [2.05, 4.69) is 31.7 Å². The highest BCUT2D eigenvalue weighted by atomic mass is 16.4. The first kappa shape index (κ1) is 35.2. The summed E-state index contributed by atoms with van der Waals surface area (Å²) >= 11 is 0. The highest BCUT2D eigenvalue weighted by Crippen LogP contribution is 2.20. The van der Waals surface area contributed by atoms with Crippen LogP contribution in [0.25, 0.3) is 0 Å². The van der Waals surface area contributed by atoms with Crippen molar-refractivity contribution in [2.24, 2.45) is 10.2 Å². The number of hydrogen-bond donors (Lipinski definition) is 8. The van der Waals surface area contributed by atoms with Crippen molar-refractivity contribution in [3.63, 3.8) is 0 Å². The molecule has 246 valence electrons.